The van der Waals surface area contributed by atoms with Gasteiger partial charge >= 0.3 is 0 Å². The van der Waals surface area contributed by atoms with Crippen LogP contribution in [-0.4, -0.2) is 15.8 Å². The Kier molecular flexibility index (Phi) is 2.87. The van der Waals surface area contributed by atoms with Gasteiger partial charge in [-0.3, -0.25) is 4.68 Å². The Morgan fingerprint density at radius 1 is 1.57 bits per heavy atom. The molecule has 14 heavy (non-hydrogen) atoms. The molecule has 0 aliphatic heterocycles. The summed E-state index contributed by atoms with van der Waals surface area (Å²) >= 11 is 0. The normalized spacial score (nSPS) is 16.1. The van der Waals surface area contributed by atoms with Gasteiger partial charge in [0.2, 0.25) is 0 Å². The summed E-state index contributed by atoms with van der Waals surface area (Å²) < 4.78 is 2.01. The fourth-order valence-electron chi connectivity index (χ4n) is 1.76. The molecule has 1 N–H and O–H groups in total. The third-order valence-corrected chi connectivity index (χ3v) is 2.79. The Bertz CT molecular complexity index is 299. The summed E-state index contributed by atoms with van der Waals surface area (Å²) in [5.41, 5.74) is 2.77. The van der Waals surface area contributed by atoms with Gasteiger partial charge in [-0.1, -0.05) is 13.3 Å². The molecule has 0 spiro atoms. The van der Waals surface area contributed by atoms with Gasteiger partial charge in [0.25, 0.3) is 0 Å². The van der Waals surface area contributed by atoms with Crippen LogP contribution in [0.5, 0.6) is 0 Å². The topological polar surface area (TPSA) is 29.9 Å². The van der Waals surface area contributed by atoms with Crippen LogP contribution >= 0.6 is 0 Å². The summed E-state index contributed by atoms with van der Waals surface area (Å²) in [6.07, 6.45) is 7.03. The maximum atomic E-state index is 4.31. The summed E-state index contributed by atoms with van der Waals surface area (Å²) in [4.78, 5) is 0. The zero-order chi connectivity index (χ0) is 9.97. The second kappa shape index (κ2) is 4.13. The molecule has 1 aliphatic rings. The second-order valence-electron chi connectivity index (χ2n) is 4.15. The lowest BCUT2D eigenvalue weighted by Crippen LogP contribution is -2.16. The first kappa shape index (κ1) is 9.71. The summed E-state index contributed by atoms with van der Waals surface area (Å²) in [6.45, 7) is 3.21. The highest BCUT2D eigenvalue weighted by Crippen LogP contribution is 2.20. The van der Waals surface area contributed by atoms with E-state index in [1.807, 2.05) is 17.9 Å². The predicted molar refractivity (Wildman–Crippen MR) is 57.1 cm³/mol. The third-order valence-electron chi connectivity index (χ3n) is 2.79. The van der Waals surface area contributed by atoms with Crippen LogP contribution in [0.2, 0.25) is 0 Å². The second-order valence-corrected chi connectivity index (χ2v) is 4.15. The van der Waals surface area contributed by atoms with E-state index in [1.54, 1.807) is 0 Å². The minimum Gasteiger partial charge on any atom is -0.310 e. The first-order valence-corrected chi connectivity index (χ1v) is 5.54. The highest BCUT2D eigenvalue weighted by Gasteiger charge is 2.20. The van der Waals surface area contributed by atoms with Crippen LogP contribution in [0.15, 0.2) is 6.20 Å². The van der Waals surface area contributed by atoms with E-state index < -0.39 is 0 Å². The third kappa shape index (κ3) is 2.15. The van der Waals surface area contributed by atoms with Crippen LogP contribution in [0.3, 0.4) is 0 Å². The average Bonchev–Trinajstić information content (AvgIpc) is 2.94. The standard InChI is InChI=1S/C11H19N3/c1-3-4-11-9(8-13-14(11)2)7-12-10-5-6-10/h8,10,12H,3-7H2,1-2H3. The van der Waals surface area contributed by atoms with Crippen molar-refractivity contribution in [3.63, 3.8) is 0 Å². The lowest BCUT2D eigenvalue weighted by Gasteiger charge is -2.05. The minimum absolute atomic E-state index is 0.782. The molecule has 2 rings (SSSR count). The quantitative estimate of drug-likeness (QED) is 0.770. The molecule has 0 saturated heterocycles. The van der Waals surface area contributed by atoms with Gasteiger partial charge in [-0.05, 0) is 19.3 Å². The van der Waals surface area contributed by atoms with Gasteiger partial charge in [0.05, 0.1) is 6.20 Å². The van der Waals surface area contributed by atoms with Gasteiger partial charge in [0, 0.05) is 30.9 Å². The molecule has 1 aliphatic carbocycles. The number of aryl methyl sites for hydroxylation is 1. The Balaban J connectivity index is 1.98. The predicted octanol–water partition coefficient (Wildman–Crippen LogP) is 1.62. The monoisotopic (exact) mass is 193 g/mol. The Morgan fingerprint density at radius 3 is 3.00 bits per heavy atom. The van der Waals surface area contributed by atoms with Gasteiger partial charge in [-0.15, -0.1) is 0 Å². The number of nitrogens with zero attached hydrogens (tertiary/aromatic N) is 2. The van der Waals surface area contributed by atoms with E-state index >= 15 is 0 Å². The molecule has 1 aromatic rings. The highest BCUT2D eigenvalue weighted by atomic mass is 15.3. The van der Waals surface area contributed by atoms with Crippen LogP contribution in [0.25, 0.3) is 0 Å². The van der Waals surface area contributed by atoms with Gasteiger partial charge in [0.15, 0.2) is 0 Å². The van der Waals surface area contributed by atoms with E-state index in [4.69, 9.17) is 0 Å². The zero-order valence-corrected chi connectivity index (χ0v) is 9.08. The largest absolute Gasteiger partial charge is 0.310 e. The molecule has 0 unspecified atom stereocenters. The number of rotatable bonds is 5. The first-order valence-electron chi connectivity index (χ1n) is 5.54. The molecule has 0 amide bonds. The Labute approximate surface area is 85.5 Å². The molecular formula is C11H19N3. The molecule has 0 bridgehead atoms. The minimum atomic E-state index is 0.782. The van der Waals surface area contributed by atoms with E-state index in [0.29, 0.717) is 0 Å². The molecule has 0 atom stereocenters. The number of hydrogen-bond acceptors (Lipinski definition) is 2. The highest BCUT2D eigenvalue weighted by molar-refractivity contribution is 5.17. The molecule has 1 fully saturated rings. The van der Waals surface area contributed by atoms with Crippen LogP contribution in [0.4, 0.5) is 0 Å². The first-order chi connectivity index (χ1) is 6.81. The fraction of sp³-hybridized carbons (Fsp3) is 0.727. The molecule has 1 saturated carbocycles. The van der Waals surface area contributed by atoms with Crippen molar-refractivity contribution in [2.75, 3.05) is 0 Å². The van der Waals surface area contributed by atoms with Crippen LogP contribution in [0.1, 0.15) is 37.4 Å². The van der Waals surface area contributed by atoms with E-state index in [1.165, 1.54) is 30.5 Å². The molecule has 3 nitrogen and oxygen atoms in total. The zero-order valence-electron chi connectivity index (χ0n) is 9.08. The van der Waals surface area contributed by atoms with E-state index in [2.05, 4.69) is 17.3 Å². The van der Waals surface area contributed by atoms with Crippen LogP contribution < -0.4 is 5.32 Å². The molecule has 78 valence electrons. The van der Waals surface area contributed by atoms with Gasteiger partial charge in [-0.2, -0.15) is 5.10 Å². The van der Waals surface area contributed by atoms with Crippen molar-refractivity contribution in [1.29, 1.82) is 0 Å². The summed E-state index contributed by atoms with van der Waals surface area (Å²) in [7, 11) is 2.03. The van der Waals surface area contributed by atoms with Crippen molar-refractivity contribution >= 4 is 0 Å². The molecule has 1 aromatic heterocycles. The van der Waals surface area contributed by atoms with E-state index in [-0.39, 0.29) is 0 Å². The molecule has 1 heterocycles. The van der Waals surface area contributed by atoms with Crippen molar-refractivity contribution in [3.8, 4) is 0 Å². The smallest absolute Gasteiger partial charge is 0.0537 e. The van der Waals surface area contributed by atoms with Crippen molar-refractivity contribution in [2.45, 2.75) is 45.2 Å². The van der Waals surface area contributed by atoms with E-state index in [0.717, 1.165) is 19.0 Å². The molecule has 0 radical (unpaired) electrons. The van der Waals surface area contributed by atoms with Crippen LogP contribution in [-0.2, 0) is 20.0 Å². The van der Waals surface area contributed by atoms with Gasteiger partial charge in [-0.25, -0.2) is 0 Å². The summed E-state index contributed by atoms with van der Waals surface area (Å²) in [5, 5.41) is 7.84. The van der Waals surface area contributed by atoms with Crippen molar-refractivity contribution < 1.29 is 0 Å². The number of hydrogen-bond donors (Lipinski definition) is 1. The lowest BCUT2D eigenvalue weighted by atomic mass is 10.1. The van der Waals surface area contributed by atoms with Gasteiger partial charge in [0.1, 0.15) is 0 Å². The van der Waals surface area contributed by atoms with Crippen molar-refractivity contribution in [1.82, 2.24) is 15.1 Å². The van der Waals surface area contributed by atoms with Gasteiger partial charge < -0.3 is 5.32 Å². The Morgan fingerprint density at radius 2 is 2.36 bits per heavy atom. The van der Waals surface area contributed by atoms with Crippen molar-refractivity contribution in [2.24, 2.45) is 7.05 Å². The maximum Gasteiger partial charge on any atom is 0.0537 e. The molecule has 0 aromatic carbocycles. The van der Waals surface area contributed by atoms with Crippen molar-refractivity contribution in [3.05, 3.63) is 17.5 Å². The fourth-order valence-corrected chi connectivity index (χ4v) is 1.76. The van der Waals surface area contributed by atoms with Crippen LogP contribution in [0, 0.1) is 0 Å². The summed E-state index contributed by atoms with van der Waals surface area (Å²) in [5.74, 6) is 0. The SMILES string of the molecule is CCCc1c(CNC2CC2)cnn1C. The lowest BCUT2D eigenvalue weighted by molar-refractivity contribution is 0.662. The maximum absolute atomic E-state index is 4.31. The Hall–Kier alpha value is -0.830. The number of nitrogens with one attached hydrogen (secondary N) is 1. The average molecular weight is 193 g/mol. The number of aromatic nitrogens is 2. The molecule has 3 heteroatoms. The molecular weight excluding hydrogens is 174 g/mol. The van der Waals surface area contributed by atoms with E-state index in [9.17, 15) is 0 Å². The summed E-state index contributed by atoms with van der Waals surface area (Å²) in [6, 6.07) is 0.782.